The van der Waals surface area contributed by atoms with E-state index in [1.165, 1.54) is 0 Å². The smallest absolute Gasteiger partial charge is 0.192 e. The van der Waals surface area contributed by atoms with Crippen LogP contribution in [0.2, 0.25) is 5.02 Å². The van der Waals surface area contributed by atoms with Gasteiger partial charge in [-0.25, -0.2) is 0 Å². The van der Waals surface area contributed by atoms with Gasteiger partial charge in [0, 0.05) is 5.39 Å². The van der Waals surface area contributed by atoms with Gasteiger partial charge in [0.15, 0.2) is 5.78 Å². The van der Waals surface area contributed by atoms with E-state index in [0.717, 1.165) is 22.0 Å². The Balaban J connectivity index is 2.82. The van der Waals surface area contributed by atoms with Crippen LogP contribution in [-0.2, 0) is 0 Å². The summed E-state index contributed by atoms with van der Waals surface area (Å²) in [5.41, 5.74) is 8.79. The van der Waals surface area contributed by atoms with Crippen LogP contribution in [0.15, 0.2) is 12.1 Å². The van der Waals surface area contributed by atoms with Gasteiger partial charge in [-0.05, 0) is 31.0 Å². The maximum Gasteiger partial charge on any atom is 0.192 e. The number of fused-ring (bicyclic) bond motifs is 1. The number of rotatable bonds is 2. The number of aryl methyl sites for hydroxylation is 2. The first-order chi connectivity index (χ1) is 7.56. The molecule has 0 aliphatic heterocycles. The minimum atomic E-state index is -0.0934. The number of benzene rings is 1. The van der Waals surface area contributed by atoms with E-state index in [1.807, 2.05) is 26.0 Å². The highest BCUT2D eigenvalue weighted by Crippen LogP contribution is 2.31. The summed E-state index contributed by atoms with van der Waals surface area (Å²) in [4.78, 5) is 14.7. The van der Waals surface area contributed by atoms with Crippen LogP contribution < -0.4 is 5.73 Å². The molecule has 0 amide bonds. The Morgan fingerprint density at radius 3 is 2.69 bits per heavy atom. The lowest BCUT2D eigenvalue weighted by molar-refractivity contribution is 0.0997. The number of halogens is 1. The van der Waals surface area contributed by atoms with Crippen molar-refractivity contribution in [2.24, 2.45) is 5.73 Å². The van der Waals surface area contributed by atoms with Crippen molar-refractivity contribution in [1.82, 2.24) is 4.98 Å². The van der Waals surface area contributed by atoms with Crippen LogP contribution in [0.5, 0.6) is 0 Å². The predicted molar refractivity (Wildman–Crippen MR) is 66.2 cm³/mol. The molecule has 0 saturated heterocycles. The van der Waals surface area contributed by atoms with Gasteiger partial charge in [0.1, 0.15) is 0 Å². The number of Topliss-reactive ketones (excluding diaryl/α,β-unsaturated/α-hetero) is 1. The summed E-state index contributed by atoms with van der Waals surface area (Å²) in [5, 5.41) is 1.57. The third-order valence-corrected chi connectivity index (χ3v) is 3.14. The van der Waals surface area contributed by atoms with E-state index in [-0.39, 0.29) is 12.3 Å². The minimum Gasteiger partial charge on any atom is -0.352 e. The van der Waals surface area contributed by atoms with Gasteiger partial charge in [-0.15, -0.1) is 0 Å². The molecule has 2 rings (SSSR count). The van der Waals surface area contributed by atoms with Crippen molar-refractivity contribution >= 4 is 28.3 Å². The molecule has 0 atom stereocenters. The Hall–Kier alpha value is -1.32. The van der Waals surface area contributed by atoms with Crippen LogP contribution in [-0.4, -0.2) is 17.3 Å². The second-order valence-electron chi connectivity index (χ2n) is 3.87. The zero-order chi connectivity index (χ0) is 11.9. The van der Waals surface area contributed by atoms with Crippen molar-refractivity contribution < 1.29 is 4.79 Å². The summed E-state index contributed by atoms with van der Waals surface area (Å²) in [6, 6.07) is 3.77. The number of H-pyrrole nitrogens is 1. The standard InChI is InChI=1S/C12H13ClN2O/c1-6-3-4-8(13)10-7(2)12(9(16)5-14)15-11(6)10/h3-4,15H,5,14H2,1-2H3. The van der Waals surface area contributed by atoms with Crippen molar-refractivity contribution in [2.75, 3.05) is 6.54 Å². The van der Waals surface area contributed by atoms with E-state index in [9.17, 15) is 4.79 Å². The number of nitrogens with one attached hydrogen (secondary N) is 1. The van der Waals surface area contributed by atoms with Crippen LogP contribution in [0.25, 0.3) is 10.9 Å². The molecule has 0 aliphatic rings. The van der Waals surface area contributed by atoms with Crippen molar-refractivity contribution in [2.45, 2.75) is 13.8 Å². The van der Waals surface area contributed by atoms with Crippen molar-refractivity contribution in [1.29, 1.82) is 0 Å². The summed E-state index contributed by atoms with van der Waals surface area (Å²) in [5.74, 6) is -0.0934. The second kappa shape index (κ2) is 3.92. The zero-order valence-electron chi connectivity index (χ0n) is 9.23. The van der Waals surface area contributed by atoms with E-state index >= 15 is 0 Å². The summed E-state index contributed by atoms with van der Waals surface area (Å²) >= 11 is 6.13. The monoisotopic (exact) mass is 236 g/mol. The number of nitrogens with two attached hydrogens (primary N) is 1. The van der Waals surface area contributed by atoms with Crippen LogP contribution >= 0.6 is 11.6 Å². The van der Waals surface area contributed by atoms with E-state index in [4.69, 9.17) is 17.3 Å². The Morgan fingerprint density at radius 1 is 1.44 bits per heavy atom. The first-order valence-electron chi connectivity index (χ1n) is 5.07. The van der Waals surface area contributed by atoms with E-state index < -0.39 is 0 Å². The van der Waals surface area contributed by atoms with Gasteiger partial charge in [-0.2, -0.15) is 0 Å². The Kier molecular flexibility index (Phi) is 2.74. The summed E-state index contributed by atoms with van der Waals surface area (Å²) < 4.78 is 0. The molecule has 1 aromatic carbocycles. The lowest BCUT2D eigenvalue weighted by Gasteiger charge is -1.98. The molecule has 1 aromatic heterocycles. The highest BCUT2D eigenvalue weighted by molar-refractivity contribution is 6.36. The number of carbonyl (C=O) groups is 1. The maximum absolute atomic E-state index is 11.6. The Bertz CT molecular complexity index is 572. The molecular weight excluding hydrogens is 224 g/mol. The fraction of sp³-hybridized carbons (Fsp3) is 0.250. The summed E-state index contributed by atoms with van der Waals surface area (Å²) in [6.07, 6.45) is 0. The molecule has 0 bridgehead atoms. The lowest BCUT2D eigenvalue weighted by Crippen LogP contribution is -2.14. The third-order valence-electron chi connectivity index (χ3n) is 2.83. The Labute approximate surface area is 98.6 Å². The number of carbonyl (C=O) groups excluding carboxylic acids is 1. The normalized spacial score (nSPS) is 11.0. The molecule has 0 aliphatic carbocycles. The van der Waals surface area contributed by atoms with Gasteiger partial charge >= 0.3 is 0 Å². The predicted octanol–water partition coefficient (Wildman–Crippen LogP) is 2.58. The largest absolute Gasteiger partial charge is 0.352 e. The second-order valence-corrected chi connectivity index (χ2v) is 4.27. The quantitative estimate of drug-likeness (QED) is 0.788. The maximum atomic E-state index is 11.6. The molecule has 0 spiro atoms. The van der Waals surface area contributed by atoms with Gasteiger partial charge in [-0.3, -0.25) is 4.79 Å². The fourth-order valence-electron chi connectivity index (χ4n) is 1.93. The lowest BCUT2D eigenvalue weighted by atomic mass is 10.1. The average Bonchev–Trinajstić information content (AvgIpc) is 2.62. The molecule has 0 saturated carbocycles. The number of aromatic nitrogens is 1. The van der Waals surface area contributed by atoms with Crippen LogP contribution in [0.3, 0.4) is 0 Å². The molecule has 3 nitrogen and oxygen atoms in total. The highest BCUT2D eigenvalue weighted by Gasteiger charge is 2.16. The molecule has 1 heterocycles. The third kappa shape index (κ3) is 1.52. The number of ketones is 1. The van der Waals surface area contributed by atoms with Gasteiger partial charge in [-0.1, -0.05) is 17.7 Å². The molecule has 84 valence electrons. The molecule has 16 heavy (non-hydrogen) atoms. The molecule has 3 N–H and O–H groups in total. The number of aromatic amines is 1. The molecular formula is C12H13ClN2O. The van der Waals surface area contributed by atoms with Gasteiger partial charge in [0.25, 0.3) is 0 Å². The Morgan fingerprint density at radius 2 is 2.12 bits per heavy atom. The van der Waals surface area contributed by atoms with Gasteiger partial charge < -0.3 is 10.7 Å². The SMILES string of the molecule is Cc1ccc(Cl)c2c(C)c(C(=O)CN)[nH]c12. The number of hydrogen-bond acceptors (Lipinski definition) is 2. The van der Waals surface area contributed by atoms with Gasteiger partial charge in [0.05, 0.1) is 22.8 Å². The topological polar surface area (TPSA) is 58.9 Å². The van der Waals surface area contributed by atoms with Crippen molar-refractivity contribution in [3.8, 4) is 0 Å². The fourth-order valence-corrected chi connectivity index (χ4v) is 2.23. The molecule has 0 unspecified atom stereocenters. The van der Waals surface area contributed by atoms with E-state index in [0.29, 0.717) is 10.7 Å². The van der Waals surface area contributed by atoms with Crippen molar-refractivity contribution in [3.63, 3.8) is 0 Å². The summed E-state index contributed by atoms with van der Waals surface area (Å²) in [7, 11) is 0. The van der Waals surface area contributed by atoms with Crippen LogP contribution in [0.1, 0.15) is 21.6 Å². The first-order valence-corrected chi connectivity index (χ1v) is 5.44. The molecule has 0 radical (unpaired) electrons. The first kappa shape index (κ1) is 11.2. The number of hydrogen-bond donors (Lipinski definition) is 2. The van der Waals surface area contributed by atoms with Crippen LogP contribution in [0, 0.1) is 13.8 Å². The molecule has 0 fully saturated rings. The average molecular weight is 237 g/mol. The zero-order valence-corrected chi connectivity index (χ0v) is 9.98. The molecule has 4 heteroatoms. The summed E-state index contributed by atoms with van der Waals surface area (Å²) in [6.45, 7) is 3.86. The van der Waals surface area contributed by atoms with Crippen LogP contribution in [0.4, 0.5) is 0 Å². The molecule has 2 aromatic rings. The van der Waals surface area contributed by atoms with Crippen molar-refractivity contribution in [3.05, 3.63) is 34.0 Å². The highest BCUT2D eigenvalue weighted by atomic mass is 35.5. The van der Waals surface area contributed by atoms with Gasteiger partial charge in [0.2, 0.25) is 0 Å². The minimum absolute atomic E-state index is 0.00429. The van der Waals surface area contributed by atoms with E-state index in [2.05, 4.69) is 4.98 Å². The van der Waals surface area contributed by atoms with E-state index in [1.54, 1.807) is 0 Å².